The van der Waals surface area contributed by atoms with Gasteiger partial charge in [-0.15, -0.1) is 0 Å². The molecule has 0 aliphatic heterocycles. The van der Waals surface area contributed by atoms with Gasteiger partial charge in [0, 0.05) is 5.28 Å². The number of carbonyl (C=O) groups excluding carboxylic acids is 1. The van der Waals surface area contributed by atoms with Gasteiger partial charge in [0.1, 0.15) is 6.10 Å². The fourth-order valence-corrected chi connectivity index (χ4v) is 0.304. The van der Waals surface area contributed by atoms with Crippen LogP contribution in [0, 0.1) is 0 Å². The van der Waals surface area contributed by atoms with Gasteiger partial charge in [-0.3, -0.25) is 0 Å². The van der Waals surface area contributed by atoms with Crippen LogP contribution in [0.3, 0.4) is 0 Å². The predicted molar refractivity (Wildman–Crippen MR) is 38.1 cm³/mol. The van der Waals surface area contributed by atoms with E-state index in [1.807, 2.05) is 0 Å². The lowest BCUT2D eigenvalue weighted by atomic mass is 10.5. The molecule has 0 aromatic carbocycles. The Hall–Kier alpha value is -1.13. The van der Waals surface area contributed by atoms with Crippen molar-refractivity contribution >= 4 is 6.09 Å². The summed E-state index contributed by atoms with van der Waals surface area (Å²) >= 11 is 0. The second kappa shape index (κ2) is 5.64. The fraction of sp³-hybridized carbons (Fsp3) is 0.833. The second-order valence-corrected chi connectivity index (χ2v) is 2.03. The van der Waals surface area contributed by atoms with E-state index in [1.165, 1.54) is 0 Å². The first-order valence-corrected chi connectivity index (χ1v) is 3.40. The molecule has 0 aliphatic carbocycles. The quantitative estimate of drug-likeness (QED) is 0.468. The van der Waals surface area contributed by atoms with Crippen molar-refractivity contribution < 1.29 is 14.4 Å². The van der Waals surface area contributed by atoms with Gasteiger partial charge in [0.05, 0.1) is 6.61 Å². The van der Waals surface area contributed by atoms with Crippen molar-refractivity contribution in [2.75, 3.05) is 6.61 Å². The maximum Gasteiger partial charge on any atom is 0.455 e. The highest BCUT2D eigenvalue weighted by molar-refractivity contribution is 5.67. The van der Waals surface area contributed by atoms with Crippen LogP contribution in [-0.2, 0) is 9.57 Å². The maximum atomic E-state index is 10.5. The van der Waals surface area contributed by atoms with Crippen LogP contribution in [0.25, 0.3) is 0 Å². The van der Waals surface area contributed by atoms with E-state index in [0.717, 1.165) is 0 Å². The molecule has 0 bridgehead atoms. The van der Waals surface area contributed by atoms with Crippen molar-refractivity contribution in [3.05, 3.63) is 0 Å². The zero-order valence-electron chi connectivity index (χ0n) is 6.90. The summed E-state index contributed by atoms with van der Waals surface area (Å²) in [6, 6.07) is 0. The topological polar surface area (TPSA) is 60.2 Å². The third-order valence-corrected chi connectivity index (χ3v) is 0.648. The summed E-state index contributed by atoms with van der Waals surface area (Å²) < 4.78 is 4.44. The highest BCUT2D eigenvalue weighted by atomic mass is 16.7. The number of rotatable bonds is 3. The first-order valence-electron chi connectivity index (χ1n) is 3.40. The Kier molecular flexibility index (Phi) is 5.06. The molecule has 0 saturated carbocycles. The molecule has 5 nitrogen and oxygen atoms in total. The molecule has 1 amide bonds. The van der Waals surface area contributed by atoms with Crippen LogP contribution in [0.15, 0.2) is 10.4 Å². The molecule has 0 aliphatic rings. The molecule has 11 heavy (non-hydrogen) atoms. The molecule has 0 rings (SSSR count). The van der Waals surface area contributed by atoms with E-state index in [4.69, 9.17) is 0 Å². The largest absolute Gasteiger partial charge is 0.455 e. The molecule has 0 spiro atoms. The monoisotopic (exact) mass is 160 g/mol. The van der Waals surface area contributed by atoms with Gasteiger partial charge in [0.2, 0.25) is 0 Å². The van der Waals surface area contributed by atoms with E-state index in [-0.39, 0.29) is 6.10 Å². The smallest absolute Gasteiger partial charge is 0.447 e. The summed E-state index contributed by atoms with van der Waals surface area (Å²) in [6.45, 7) is 5.55. The Balaban J connectivity index is 3.48. The van der Waals surface area contributed by atoms with Crippen molar-refractivity contribution in [3.8, 4) is 0 Å². The average molecular weight is 160 g/mol. The van der Waals surface area contributed by atoms with Crippen LogP contribution in [0.4, 0.5) is 4.79 Å². The normalized spacial score (nSPS) is 10.5. The highest BCUT2D eigenvalue weighted by Gasteiger charge is 1.96. The zero-order chi connectivity index (χ0) is 8.69. The lowest BCUT2D eigenvalue weighted by Gasteiger charge is -1.98. The van der Waals surface area contributed by atoms with E-state index in [0.29, 0.717) is 6.61 Å². The van der Waals surface area contributed by atoms with Crippen molar-refractivity contribution in [1.82, 2.24) is 0 Å². The Labute approximate surface area is 65.4 Å². The zero-order valence-corrected chi connectivity index (χ0v) is 6.90. The lowest BCUT2D eigenvalue weighted by Crippen LogP contribution is -1.99. The molecular weight excluding hydrogens is 148 g/mol. The number of ether oxygens (including phenoxy) is 1. The molecule has 0 radical (unpaired) electrons. The van der Waals surface area contributed by atoms with E-state index in [2.05, 4.69) is 20.0 Å². The van der Waals surface area contributed by atoms with Gasteiger partial charge in [0.25, 0.3) is 0 Å². The van der Waals surface area contributed by atoms with E-state index in [1.54, 1.807) is 20.8 Å². The summed E-state index contributed by atoms with van der Waals surface area (Å²) in [7, 11) is 0. The summed E-state index contributed by atoms with van der Waals surface area (Å²) in [4.78, 5) is 15.1. The Morgan fingerprint density at radius 3 is 2.64 bits per heavy atom. The molecule has 0 saturated heterocycles. The van der Waals surface area contributed by atoms with Gasteiger partial charge >= 0.3 is 6.09 Å². The Morgan fingerprint density at radius 2 is 2.18 bits per heavy atom. The number of carbonyl (C=O) groups is 1. The van der Waals surface area contributed by atoms with Gasteiger partial charge < -0.3 is 9.57 Å². The van der Waals surface area contributed by atoms with Crippen molar-refractivity contribution in [3.63, 3.8) is 0 Å². The number of hydrogen-bond donors (Lipinski definition) is 0. The summed E-state index contributed by atoms with van der Waals surface area (Å²) in [5.74, 6) is 0. The summed E-state index contributed by atoms with van der Waals surface area (Å²) in [5, 5.41) is 6.24. The number of amides is 1. The van der Waals surface area contributed by atoms with E-state index >= 15 is 0 Å². The molecule has 0 atom stereocenters. The average Bonchev–Trinajstić information content (AvgIpc) is 1.87. The molecule has 0 aromatic rings. The molecule has 0 N–H and O–H groups in total. The minimum Gasteiger partial charge on any atom is -0.447 e. The third-order valence-electron chi connectivity index (χ3n) is 0.648. The van der Waals surface area contributed by atoms with Gasteiger partial charge in [-0.2, -0.15) is 0 Å². The van der Waals surface area contributed by atoms with Crippen molar-refractivity contribution in [2.24, 2.45) is 10.4 Å². The maximum absolute atomic E-state index is 10.5. The standard InChI is InChI=1S/C6H12N2O3/c1-4-10-6(9)7-8-11-5(2)3/h5H,4H2,1-3H3/b8-7+. The molecule has 0 heterocycles. The van der Waals surface area contributed by atoms with Crippen LogP contribution < -0.4 is 0 Å². The molecule has 64 valence electrons. The van der Waals surface area contributed by atoms with Crippen LogP contribution in [0.1, 0.15) is 20.8 Å². The van der Waals surface area contributed by atoms with Crippen LogP contribution in [0.5, 0.6) is 0 Å². The highest BCUT2D eigenvalue weighted by Crippen LogP contribution is 1.91. The lowest BCUT2D eigenvalue weighted by molar-refractivity contribution is 0.0646. The Morgan fingerprint density at radius 1 is 1.55 bits per heavy atom. The Bertz CT molecular complexity index is 145. The molecule has 0 aromatic heterocycles. The molecule has 0 unspecified atom stereocenters. The van der Waals surface area contributed by atoms with E-state index in [9.17, 15) is 4.79 Å². The first-order chi connectivity index (χ1) is 5.16. The SMILES string of the molecule is CCOC(=O)/N=N/OC(C)C. The van der Waals surface area contributed by atoms with Gasteiger partial charge in [0.15, 0.2) is 0 Å². The van der Waals surface area contributed by atoms with Gasteiger partial charge in [-0.25, -0.2) is 4.79 Å². The second-order valence-electron chi connectivity index (χ2n) is 2.03. The van der Waals surface area contributed by atoms with Gasteiger partial charge in [-0.1, -0.05) is 0 Å². The third kappa shape index (κ3) is 6.76. The first kappa shape index (κ1) is 9.87. The van der Waals surface area contributed by atoms with E-state index < -0.39 is 6.09 Å². The van der Waals surface area contributed by atoms with Crippen LogP contribution >= 0.6 is 0 Å². The molecule has 5 heteroatoms. The molecule has 0 fully saturated rings. The number of nitrogens with zero attached hydrogens (tertiary/aromatic N) is 2. The van der Waals surface area contributed by atoms with Crippen molar-refractivity contribution in [1.29, 1.82) is 0 Å². The summed E-state index contributed by atoms with van der Waals surface area (Å²) in [5.41, 5.74) is 0. The number of hydrogen-bond acceptors (Lipinski definition) is 4. The minimum atomic E-state index is -0.729. The van der Waals surface area contributed by atoms with Crippen LogP contribution in [0.2, 0.25) is 0 Å². The molecular formula is C6H12N2O3. The predicted octanol–water partition coefficient (Wildman–Crippen LogP) is 1.94. The minimum absolute atomic E-state index is 0.0758. The van der Waals surface area contributed by atoms with Crippen molar-refractivity contribution in [2.45, 2.75) is 26.9 Å². The van der Waals surface area contributed by atoms with Gasteiger partial charge in [-0.05, 0) is 25.9 Å². The summed E-state index contributed by atoms with van der Waals surface area (Å²) in [6.07, 6.45) is -0.804. The van der Waals surface area contributed by atoms with Crippen LogP contribution in [-0.4, -0.2) is 18.8 Å². The fourth-order valence-electron chi connectivity index (χ4n) is 0.304.